The fraction of sp³-hybridized carbons (Fsp3) is 0.394. The van der Waals surface area contributed by atoms with Crippen molar-refractivity contribution in [3.8, 4) is 5.75 Å². The number of hydrogen-bond donors (Lipinski definition) is 1. The predicted molar refractivity (Wildman–Crippen MR) is 165 cm³/mol. The van der Waals surface area contributed by atoms with E-state index in [1.165, 1.54) is 17.0 Å². The zero-order valence-corrected chi connectivity index (χ0v) is 25.5. The quantitative estimate of drug-likeness (QED) is 0.302. The van der Waals surface area contributed by atoms with Crippen LogP contribution in [0.3, 0.4) is 0 Å². The lowest BCUT2D eigenvalue weighted by molar-refractivity contribution is -0.140. The molecule has 0 saturated heterocycles. The summed E-state index contributed by atoms with van der Waals surface area (Å²) in [6.45, 7) is 3.41. The zero-order valence-electron chi connectivity index (χ0n) is 24.7. The third-order valence-electron chi connectivity index (χ3n) is 7.72. The molecule has 8 nitrogen and oxygen atoms in total. The molecule has 1 saturated carbocycles. The maximum atomic E-state index is 14.3. The van der Waals surface area contributed by atoms with E-state index in [1.54, 1.807) is 43.5 Å². The Bertz CT molecular complexity index is 1460. The van der Waals surface area contributed by atoms with Crippen LogP contribution >= 0.6 is 0 Å². The van der Waals surface area contributed by atoms with E-state index in [4.69, 9.17) is 4.74 Å². The first-order chi connectivity index (χ1) is 20.2. The van der Waals surface area contributed by atoms with Crippen LogP contribution in [0.15, 0.2) is 83.8 Å². The standard InChI is InChI=1S/C33H41N3O5S/c1-4-31(33(38)34-27-15-7-5-8-16-27)35(23-26-14-12-18-29(22-26)41-3)32(37)24-36(28-17-11-13-25(2)21-28)42(39,40)30-19-9-6-10-20-30/h6,9-14,17-22,27,31H,4-5,7-8,15-16,23-24H2,1-3H3,(H,34,38)/t31-/m1/s1. The maximum absolute atomic E-state index is 14.3. The average molecular weight is 592 g/mol. The van der Waals surface area contributed by atoms with Gasteiger partial charge in [-0.2, -0.15) is 0 Å². The molecule has 9 heteroatoms. The molecule has 4 rings (SSSR count). The summed E-state index contributed by atoms with van der Waals surface area (Å²) in [5.41, 5.74) is 2.02. The van der Waals surface area contributed by atoms with Crippen LogP contribution in [0.2, 0.25) is 0 Å². The highest BCUT2D eigenvalue weighted by Crippen LogP contribution is 2.26. The molecule has 1 aliphatic carbocycles. The minimum Gasteiger partial charge on any atom is -0.497 e. The van der Waals surface area contributed by atoms with Crippen LogP contribution < -0.4 is 14.4 Å². The fourth-order valence-corrected chi connectivity index (χ4v) is 6.89. The van der Waals surface area contributed by atoms with Gasteiger partial charge in [0.15, 0.2) is 0 Å². The number of nitrogens with zero attached hydrogens (tertiary/aromatic N) is 2. The number of sulfonamides is 1. The summed E-state index contributed by atoms with van der Waals surface area (Å²) in [6, 6.07) is 21.8. The molecule has 1 N–H and O–H groups in total. The molecule has 2 amide bonds. The summed E-state index contributed by atoms with van der Waals surface area (Å²) >= 11 is 0. The SMILES string of the molecule is CC[C@H](C(=O)NC1CCCCC1)N(Cc1cccc(OC)c1)C(=O)CN(c1cccc(C)c1)S(=O)(=O)c1ccccc1. The number of methoxy groups -OCH3 is 1. The summed E-state index contributed by atoms with van der Waals surface area (Å²) < 4.78 is 34.4. The van der Waals surface area contributed by atoms with Crippen molar-refractivity contribution in [2.75, 3.05) is 18.0 Å². The van der Waals surface area contributed by atoms with Crippen molar-refractivity contribution in [2.24, 2.45) is 0 Å². The van der Waals surface area contributed by atoms with E-state index in [-0.39, 0.29) is 23.4 Å². The first-order valence-corrected chi connectivity index (χ1v) is 16.0. The molecular formula is C33H41N3O5S. The minimum atomic E-state index is -4.09. The molecule has 0 radical (unpaired) electrons. The largest absolute Gasteiger partial charge is 0.497 e. The van der Waals surface area contributed by atoms with E-state index in [0.717, 1.165) is 47.5 Å². The van der Waals surface area contributed by atoms with Crippen molar-refractivity contribution in [3.05, 3.63) is 90.0 Å². The fourth-order valence-electron chi connectivity index (χ4n) is 5.46. The zero-order chi connectivity index (χ0) is 30.1. The van der Waals surface area contributed by atoms with E-state index in [0.29, 0.717) is 17.9 Å². The molecule has 0 aromatic heterocycles. The lowest BCUT2D eigenvalue weighted by Gasteiger charge is -2.34. The van der Waals surface area contributed by atoms with Gasteiger partial charge in [0.05, 0.1) is 17.7 Å². The summed E-state index contributed by atoms with van der Waals surface area (Å²) in [4.78, 5) is 29.5. The molecule has 0 bridgehead atoms. The molecule has 0 heterocycles. The highest BCUT2D eigenvalue weighted by Gasteiger charge is 2.34. The molecule has 0 unspecified atom stereocenters. The summed E-state index contributed by atoms with van der Waals surface area (Å²) in [7, 11) is -2.52. The van der Waals surface area contributed by atoms with E-state index < -0.39 is 28.5 Å². The molecule has 1 fully saturated rings. The van der Waals surface area contributed by atoms with Crippen molar-refractivity contribution < 1.29 is 22.7 Å². The normalized spacial score (nSPS) is 14.5. The van der Waals surface area contributed by atoms with Gasteiger partial charge in [0.1, 0.15) is 18.3 Å². The van der Waals surface area contributed by atoms with Gasteiger partial charge < -0.3 is 15.0 Å². The molecular weight excluding hydrogens is 550 g/mol. The van der Waals surface area contributed by atoms with Crippen molar-refractivity contribution in [1.82, 2.24) is 10.2 Å². The first kappa shape index (κ1) is 31.1. The van der Waals surface area contributed by atoms with Crippen LogP contribution in [-0.2, 0) is 26.2 Å². The average Bonchev–Trinajstić information content (AvgIpc) is 3.00. The summed E-state index contributed by atoms with van der Waals surface area (Å²) in [5, 5.41) is 3.17. The van der Waals surface area contributed by atoms with Gasteiger partial charge in [-0.1, -0.05) is 68.7 Å². The first-order valence-electron chi connectivity index (χ1n) is 14.6. The van der Waals surface area contributed by atoms with Gasteiger partial charge >= 0.3 is 0 Å². The second-order valence-corrected chi connectivity index (χ2v) is 12.7. The Kier molecular flexibility index (Phi) is 10.6. The van der Waals surface area contributed by atoms with Gasteiger partial charge in [-0.15, -0.1) is 0 Å². The number of ether oxygens (including phenoxy) is 1. The summed E-state index contributed by atoms with van der Waals surface area (Å²) in [6.07, 6.45) is 5.51. The number of anilines is 1. The van der Waals surface area contributed by atoms with Gasteiger partial charge in [0.2, 0.25) is 11.8 Å². The van der Waals surface area contributed by atoms with Gasteiger partial charge in [0.25, 0.3) is 10.0 Å². The van der Waals surface area contributed by atoms with Crippen LogP contribution in [0.25, 0.3) is 0 Å². The Labute approximate surface area is 249 Å². The highest BCUT2D eigenvalue weighted by molar-refractivity contribution is 7.92. The van der Waals surface area contributed by atoms with E-state index in [2.05, 4.69) is 5.32 Å². The van der Waals surface area contributed by atoms with E-state index >= 15 is 0 Å². The lowest BCUT2D eigenvalue weighted by Crippen LogP contribution is -2.54. The molecule has 42 heavy (non-hydrogen) atoms. The van der Waals surface area contributed by atoms with Crippen molar-refractivity contribution in [1.29, 1.82) is 0 Å². The highest BCUT2D eigenvalue weighted by atomic mass is 32.2. The van der Waals surface area contributed by atoms with E-state index in [1.807, 2.05) is 44.2 Å². The maximum Gasteiger partial charge on any atom is 0.264 e. The number of carbonyl (C=O) groups excluding carboxylic acids is 2. The Balaban J connectivity index is 1.71. The second-order valence-electron chi connectivity index (χ2n) is 10.8. The Morgan fingerprint density at radius 3 is 2.33 bits per heavy atom. The van der Waals surface area contributed by atoms with Crippen molar-refractivity contribution in [2.45, 2.75) is 75.9 Å². The predicted octanol–water partition coefficient (Wildman–Crippen LogP) is 5.46. The number of benzene rings is 3. The number of aryl methyl sites for hydroxylation is 1. The molecule has 1 aliphatic rings. The Hall–Kier alpha value is -3.85. The lowest BCUT2D eigenvalue weighted by atomic mass is 9.95. The van der Waals surface area contributed by atoms with Gasteiger partial charge in [-0.25, -0.2) is 8.42 Å². The smallest absolute Gasteiger partial charge is 0.264 e. The monoisotopic (exact) mass is 591 g/mol. The molecule has 1 atom stereocenters. The molecule has 224 valence electrons. The Morgan fingerprint density at radius 2 is 1.67 bits per heavy atom. The van der Waals surface area contributed by atoms with Crippen LogP contribution in [0.1, 0.15) is 56.6 Å². The van der Waals surface area contributed by atoms with Gasteiger partial charge in [0, 0.05) is 12.6 Å². The topological polar surface area (TPSA) is 96.0 Å². The van der Waals surface area contributed by atoms with Crippen molar-refractivity contribution >= 4 is 27.5 Å². The number of rotatable bonds is 12. The van der Waals surface area contributed by atoms with Gasteiger partial charge in [-0.3, -0.25) is 13.9 Å². The third kappa shape index (κ3) is 7.70. The van der Waals surface area contributed by atoms with Crippen LogP contribution in [-0.4, -0.2) is 50.9 Å². The molecule has 0 spiro atoms. The van der Waals surface area contributed by atoms with E-state index in [9.17, 15) is 18.0 Å². The van der Waals surface area contributed by atoms with Crippen LogP contribution in [0.5, 0.6) is 5.75 Å². The van der Waals surface area contributed by atoms with Crippen LogP contribution in [0, 0.1) is 6.92 Å². The third-order valence-corrected chi connectivity index (χ3v) is 9.51. The second kappa shape index (κ2) is 14.4. The Morgan fingerprint density at radius 1 is 0.952 bits per heavy atom. The van der Waals surface area contributed by atoms with Crippen molar-refractivity contribution in [3.63, 3.8) is 0 Å². The van der Waals surface area contributed by atoms with Crippen LogP contribution in [0.4, 0.5) is 5.69 Å². The molecule has 3 aromatic carbocycles. The number of carbonyl (C=O) groups is 2. The molecule has 0 aliphatic heterocycles. The minimum absolute atomic E-state index is 0.0799. The number of hydrogen-bond acceptors (Lipinski definition) is 5. The number of nitrogens with one attached hydrogen (secondary N) is 1. The number of amides is 2. The molecule has 3 aromatic rings. The van der Waals surface area contributed by atoms with Gasteiger partial charge in [-0.05, 0) is 73.7 Å². The summed E-state index contributed by atoms with van der Waals surface area (Å²) in [5.74, 6) is -0.0502.